The van der Waals surface area contributed by atoms with Crippen LogP contribution in [0.3, 0.4) is 0 Å². The maximum atomic E-state index is 14.9. The van der Waals surface area contributed by atoms with Crippen molar-refractivity contribution in [1.82, 2.24) is 24.5 Å². The number of fused-ring (bicyclic) bond motifs is 3. The molecule has 5 aromatic rings. The fourth-order valence-electron chi connectivity index (χ4n) is 6.04. The molecule has 10 heteroatoms. The van der Waals surface area contributed by atoms with Crippen molar-refractivity contribution in [2.24, 2.45) is 24.8 Å². The fourth-order valence-corrected chi connectivity index (χ4v) is 6.19. The van der Waals surface area contributed by atoms with Crippen molar-refractivity contribution in [2.75, 3.05) is 25.1 Å². The molecule has 3 aromatic heterocycles. The van der Waals surface area contributed by atoms with Crippen LogP contribution in [0.25, 0.3) is 38.8 Å². The van der Waals surface area contributed by atoms with Gasteiger partial charge in [-0.15, -0.1) is 0 Å². The van der Waals surface area contributed by atoms with E-state index in [2.05, 4.69) is 10.00 Å². The molecule has 1 aliphatic carbocycles. The predicted octanol–water partition coefficient (Wildman–Crippen LogP) is 4.93. The molecule has 2 aromatic carbocycles. The minimum Gasteiger partial charge on any atom is -0.469 e. The Morgan fingerprint density at radius 3 is 2.63 bits per heavy atom. The first-order chi connectivity index (χ1) is 18.4. The molecule has 2 aliphatic rings. The number of rotatable bonds is 4. The summed E-state index contributed by atoms with van der Waals surface area (Å²) in [4.78, 5) is 18.8. The fraction of sp³-hybridized carbons (Fsp3) is 0.286. The lowest BCUT2D eigenvalue weighted by atomic mass is 10.0. The molecule has 192 valence electrons. The van der Waals surface area contributed by atoms with Crippen LogP contribution in [0.4, 0.5) is 10.2 Å². The molecule has 0 amide bonds. The molecular weight excluding hydrogens is 507 g/mol. The van der Waals surface area contributed by atoms with Crippen LogP contribution in [0.2, 0.25) is 5.02 Å². The zero-order chi connectivity index (χ0) is 26.3. The van der Waals surface area contributed by atoms with Crippen LogP contribution in [0, 0.1) is 30.5 Å². The number of hydrogen-bond acceptors (Lipinski definition) is 6. The summed E-state index contributed by atoms with van der Waals surface area (Å²) in [5.41, 5.74) is 4.42. The normalized spacial score (nSPS) is 20.3. The van der Waals surface area contributed by atoms with E-state index in [4.69, 9.17) is 26.4 Å². The van der Waals surface area contributed by atoms with Crippen molar-refractivity contribution in [3.05, 3.63) is 65.2 Å². The van der Waals surface area contributed by atoms with Crippen molar-refractivity contribution in [2.45, 2.75) is 6.92 Å². The number of ether oxygens (including phenoxy) is 1. The molecule has 8 nitrogen and oxygen atoms in total. The molecule has 1 aliphatic heterocycles. The van der Waals surface area contributed by atoms with E-state index in [-0.39, 0.29) is 16.9 Å². The number of aryl methyl sites for hydroxylation is 2. The third kappa shape index (κ3) is 3.34. The number of pyridine rings is 1. The molecule has 0 spiro atoms. The number of carbonyl (C=O) groups excluding carboxylic acids is 1. The van der Waals surface area contributed by atoms with E-state index in [0.29, 0.717) is 28.5 Å². The van der Waals surface area contributed by atoms with Crippen LogP contribution in [0.5, 0.6) is 0 Å². The highest BCUT2D eigenvalue weighted by Gasteiger charge is 2.60. The maximum absolute atomic E-state index is 14.9. The van der Waals surface area contributed by atoms with Crippen LogP contribution < -0.4 is 4.90 Å². The SMILES string of the molecule is COC(=O)C1[C@H]2CN(c3ccc(-n4nc(-c5cccc6nn(C)cc56)c5cc(F)c(Cl)c(C)c54)cn3)C[C@@H]12. The minimum atomic E-state index is -0.484. The number of hydrogen-bond donors (Lipinski definition) is 0. The lowest BCUT2D eigenvalue weighted by Gasteiger charge is -2.20. The summed E-state index contributed by atoms with van der Waals surface area (Å²) in [6.07, 6.45) is 3.71. The van der Waals surface area contributed by atoms with Crippen molar-refractivity contribution in [1.29, 1.82) is 0 Å². The summed E-state index contributed by atoms with van der Waals surface area (Å²) < 4.78 is 23.3. The maximum Gasteiger partial charge on any atom is 0.309 e. The molecule has 0 N–H and O–H groups in total. The standard InChI is InChI=1S/C28H24ClFN6O2/c1-14-25(29)21(30)9-17-26(16-5-4-6-22-18(16)11-34(2)32-22)33-36(27(14)17)15-7-8-23(31-10-15)35-12-19-20(13-35)24(19)28(37)38-3/h4-11,19-20,24H,12-13H2,1-3H3/t19-,20+,24?. The highest BCUT2D eigenvalue weighted by atomic mass is 35.5. The topological polar surface area (TPSA) is 78.1 Å². The summed E-state index contributed by atoms with van der Waals surface area (Å²) >= 11 is 6.36. The van der Waals surface area contributed by atoms with Gasteiger partial charge in [0.25, 0.3) is 0 Å². The Balaban J connectivity index is 1.30. The second kappa shape index (κ2) is 8.26. The van der Waals surface area contributed by atoms with Gasteiger partial charge in [0, 0.05) is 42.7 Å². The van der Waals surface area contributed by atoms with Gasteiger partial charge < -0.3 is 9.64 Å². The van der Waals surface area contributed by atoms with Gasteiger partial charge in [-0.1, -0.05) is 23.7 Å². The summed E-state index contributed by atoms with van der Waals surface area (Å²) in [5, 5.41) is 11.2. The van der Waals surface area contributed by atoms with Gasteiger partial charge in [0.1, 0.15) is 17.3 Å². The second-order valence-electron chi connectivity index (χ2n) is 10.2. The molecule has 1 unspecified atom stereocenters. The number of piperidine rings is 1. The first-order valence-corrected chi connectivity index (χ1v) is 12.8. The third-order valence-corrected chi connectivity index (χ3v) is 8.44. The number of methoxy groups -OCH3 is 1. The van der Waals surface area contributed by atoms with Gasteiger partial charge in [-0.25, -0.2) is 14.1 Å². The summed E-state index contributed by atoms with van der Waals surface area (Å²) in [7, 11) is 3.32. The Labute approximate surface area is 222 Å². The molecule has 7 rings (SSSR count). The third-order valence-electron chi connectivity index (χ3n) is 7.98. The molecule has 2 fully saturated rings. The van der Waals surface area contributed by atoms with Crippen LogP contribution in [0.1, 0.15) is 5.56 Å². The number of nitrogens with zero attached hydrogens (tertiary/aromatic N) is 6. The highest BCUT2D eigenvalue weighted by Crippen LogP contribution is 2.52. The lowest BCUT2D eigenvalue weighted by Crippen LogP contribution is -2.27. The van der Waals surface area contributed by atoms with E-state index in [0.717, 1.165) is 46.6 Å². The zero-order valence-electron chi connectivity index (χ0n) is 21.0. The Hall–Kier alpha value is -3.98. The molecular formula is C28H24ClFN6O2. The molecule has 0 bridgehead atoms. The first-order valence-electron chi connectivity index (χ1n) is 12.4. The van der Waals surface area contributed by atoms with Gasteiger partial charge in [0.15, 0.2) is 0 Å². The van der Waals surface area contributed by atoms with Crippen molar-refractivity contribution in [3.8, 4) is 16.9 Å². The predicted molar refractivity (Wildman–Crippen MR) is 143 cm³/mol. The summed E-state index contributed by atoms with van der Waals surface area (Å²) in [6.45, 7) is 3.37. The number of anilines is 1. The van der Waals surface area contributed by atoms with Crippen LogP contribution in [-0.4, -0.2) is 50.7 Å². The molecule has 3 atom stereocenters. The second-order valence-corrected chi connectivity index (χ2v) is 10.5. The van der Waals surface area contributed by atoms with E-state index >= 15 is 0 Å². The van der Waals surface area contributed by atoms with Gasteiger partial charge >= 0.3 is 5.97 Å². The van der Waals surface area contributed by atoms with Gasteiger partial charge in [-0.3, -0.25) is 9.48 Å². The monoisotopic (exact) mass is 530 g/mol. The van der Waals surface area contributed by atoms with Crippen LogP contribution in [-0.2, 0) is 16.6 Å². The Bertz CT molecular complexity index is 1750. The molecule has 38 heavy (non-hydrogen) atoms. The van der Waals surface area contributed by atoms with E-state index < -0.39 is 5.82 Å². The summed E-state index contributed by atoms with van der Waals surface area (Å²) in [5.74, 6) is 0.927. The molecule has 4 heterocycles. The molecule has 0 radical (unpaired) electrons. The van der Waals surface area contributed by atoms with Gasteiger partial charge in [-0.2, -0.15) is 10.2 Å². The number of aromatic nitrogens is 5. The number of benzene rings is 2. The smallest absolute Gasteiger partial charge is 0.309 e. The van der Waals surface area contributed by atoms with Gasteiger partial charge in [0.05, 0.1) is 41.0 Å². The molecule has 1 saturated heterocycles. The van der Waals surface area contributed by atoms with Crippen molar-refractivity contribution >= 4 is 45.2 Å². The first kappa shape index (κ1) is 23.2. The number of esters is 1. The van der Waals surface area contributed by atoms with Gasteiger partial charge in [-0.05, 0) is 48.6 Å². The van der Waals surface area contributed by atoms with E-state index in [9.17, 15) is 9.18 Å². The van der Waals surface area contributed by atoms with Crippen molar-refractivity contribution < 1.29 is 13.9 Å². The van der Waals surface area contributed by atoms with Gasteiger partial charge in [0.2, 0.25) is 0 Å². The summed E-state index contributed by atoms with van der Waals surface area (Å²) in [6, 6.07) is 11.2. The Morgan fingerprint density at radius 1 is 1.13 bits per heavy atom. The average molecular weight is 531 g/mol. The Kier molecular flexibility index (Phi) is 5.03. The quantitative estimate of drug-likeness (QED) is 0.307. The average Bonchev–Trinajstić information content (AvgIpc) is 3.26. The van der Waals surface area contributed by atoms with Crippen LogP contribution >= 0.6 is 11.6 Å². The van der Waals surface area contributed by atoms with Crippen molar-refractivity contribution in [3.63, 3.8) is 0 Å². The largest absolute Gasteiger partial charge is 0.469 e. The van der Waals surface area contributed by atoms with E-state index in [1.165, 1.54) is 13.2 Å². The van der Waals surface area contributed by atoms with E-state index in [1.807, 2.05) is 43.6 Å². The minimum absolute atomic E-state index is 0.0155. The van der Waals surface area contributed by atoms with E-state index in [1.54, 1.807) is 22.5 Å². The number of carbonyl (C=O) groups is 1. The zero-order valence-corrected chi connectivity index (χ0v) is 21.8. The highest BCUT2D eigenvalue weighted by molar-refractivity contribution is 6.32. The number of halogens is 2. The van der Waals surface area contributed by atoms with Crippen LogP contribution in [0.15, 0.2) is 48.8 Å². The Morgan fingerprint density at radius 2 is 1.92 bits per heavy atom. The molecule has 1 saturated carbocycles. The lowest BCUT2D eigenvalue weighted by molar-refractivity contribution is -0.142.